The summed E-state index contributed by atoms with van der Waals surface area (Å²) >= 11 is 0. The van der Waals surface area contributed by atoms with E-state index < -0.39 is 97.5 Å². The van der Waals surface area contributed by atoms with E-state index in [1.165, 1.54) is 141 Å². The highest BCUT2D eigenvalue weighted by Gasteiger charge is 2.30. The SMILES string of the molecule is CCCCCC/C=C\CCCCCCCC(=O)OC[C@H](COP(=O)(O)OC[C@H](O)COP(=O)(O)OC[C@@H](COC(=O)CCCCCCC/C=C\CCCCCC)OC(=O)CCCCCCCCCCCCCCC)OC(=O)CCCCCCC/C=C\CCCCCCCC. The van der Waals surface area contributed by atoms with E-state index in [-0.39, 0.29) is 25.7 Å². The Hall–Kier alpha value is -2.72. The molecular formula is C75H140O17P2. The second-order valence-corrected chi connectivity index (χ2v) is 28.9. The lowest BCUT2D eigenvalue weighted by Crippen LogP contribution is -2.30. The van der Waals surface area contributed by atoms with Crippen LogP contribution in [0.3, 0.4) is 0 Å². The zero-order valence-corrected chi connectivity index (χ0v) is 61.9. The minimum atomic E-state index is -4.97. The third-order valence-electron chi connectivity index (χ3n) is 16.6. The smallest absolute Gasteiger partial charge is 0.462 e. The lowest BCUT2D eigenvalue weighted by atomic mass is 10.0. The van der Waals surface area contributed by atoms with Crippen LogP contribution in [0.5, 0.6) is 0 Å². The quantitative estimate of drug-likeness (QED) is 0.0169. The highest BCUT2D eigenvalue weighted by Crippen LogP contribution is 2.45. The lowest BCUT2D eigenvalue weighted by Gasteiger charge is -2.21. The Morgan fingerprint density at radius 2 is 0.489 bits per heavy atom. The van der Waals surface area contributed by atoms with Crippen LogP contribution in [-0.2, 0) is 65.4 Å². The van der Waals surface area contributed by atoms with Gasteiger partial charge in [-0.1, -0.05) is 270 Å². The molecule has 0 bridgehead atoms. The zero-order valence-electron chi connectivity index (χ0n) is 60.2. The predicted octanol–water partition coefficient (Wildman–Crippen LogP) is 21.6. The van der Waals surface area contributed by atoms with Crippen LogP contribution in [0, 0.1) is 0 Å². The Balaban J connectivity index is 5.31. The molecule has 3 N–H and O–H groups in total. The van der Waals surface area contributed by atoms with Crippen molar-refractivity contribution in [2.45, 2.75) is 380 Å². The Labute approximate surface area is 573 Å². The molecule has 0 saturated carbocycles. The number of esters is 4. The van der Waals surface area contributed by atoms with E-state index in [4.69, 9.17) is 37.0 Å². The van der Waals surface area contributed by atoms with Crippen LogP contribution in [0.2, 0.25) is 0 Å². The highest BCUT2D eigenvalue weighted by molar-refractivity contribution is 7.47. The molecule has 552 valence electrons. The van der Waals surface area contributed by atoms with E-state index in [0.29, 0.717) is 25.7 Å². The van der Waals surface area contributed by atoms with E-state index in [1.54, 1.807) is 0 Å². The first kappa shape index (κ1) is 91.3. The number of unbranched alkanes of at least 4 members (excludes halogenated alkanes) is 41. The molecule has 0 aromatic carbocycles. The van der Waals surface area contributed by atoms with Crippen molar-refractivity contribution in [2.75, 3.05) is 39.6 Å². The molecule has 17 nitrogen and oxygen atoms in total. The van der Waals surface area contributed by atoms with Crippen molar-refractivity contribution in [3.05, 3.63) is 36.5 Å². The maximum Gasteiger partial charge on any atom is 0.472 e. The number of phosphoric ester groups is 2. The Kier molecular flexibility index (Phi) is 66.8. The van der Waals surface area contributed by atoms with Gasteiger partial charge in [0.05, 0.1) is 26.4 Å². The molecule has 0 aliphatic heterocycles. The summed E-state index contributed by atoms with van der Waals surface area (Å²) < 4.78 is 68.4. The first-order valence-corrected chi connectivity index (χ1v) is 41.2. The summed E-state index contributed by atoms with van der Waals surface area (Å²) in [6.07, 6.45) is 62.7. The van der Waals surface area contributed by atoms with Gasteiger partial charge in [0.25, 0.3) is 0 Å². The number of aliphatic hydroxyl groups is 1. The van der Waals surface area contributed by atoms with Crippen LogP contribution in [0.1, 0.15) is 362 Å². The maximum atomic E-state index is 13.1. The highest BCUT2D eigenvalue weighted by atomic mass is 31.2. The van der Waals surface area contributed by atoms with E-state index in [1.807, 2.05) is 0 Å². The summed E-state index contributed by atoms with van der Waals surface area (Å²) in [4.78, 5) is 72.7. The van der Waals surface area contributed by atoms with E-state index in [0.717, 1.165) is 141 Å². The number of carbonyl (C=O) groups is 4. The molecule has 0 aliphatic rings. The molecular weight excluding hydrogens is 1230 g/mol. The normalized spacial score (nSPS) is 14.2. The van der Waals surface area contributed by atoms with Crippen molar-refractivity contribution in [1.29, 1.82) is 0 Å². The van der Waals surface area contributed by atoms with Gasteiger partial charge in [0.1, 0.15) is 19.3 Å². The zero-order chi connectivity index (χ0) is 69.0. The van der Waals surface area contributed by atoms with Crippen LogP contribution >= 0.6 is 15.6 Å². The van der Waals surface area contributed by atoms with E-state index in [2.05, 4.69) is 64.2 Å². The molecule has 0 heterocycles. The predicted molar refractivity (Wildman–Crippen MR) is 381 cm³/mol. The van der Waals surface area contributed by atoms with E-state index in [9.17, 15) is 43.2 Å². The first-order valence-electron chi connectivity index (χ1n) is 38.2. The summed E-state index contributed by atoms with van der Waals surface area (Å²) in [6, 6.07) is 0. The van der Waals surface area contributed by atoms with Gasteiger partial charge in [0, 0.05) is 25.7 Å². The monoisotopic (exact) mass is 1370 g/mol. The molecule has 0 amide bonds. The summed E-state index contributed by atoms with van der Waals surface area (Å²) in [6.45, 7) is 4.88. The molecule has 94 heavy (non-hydrogen) atoms. The number of carbonyl (C=O) groups excluding carboxylic acids is 4. The van der Waals surface area contributed by atoms with Crippen molar-refractivity contribution >= 4 is 39.5 Å². The third kappa shape index (κ3) is 67.8. The summed E-state index contributed by atoms with van der Waals surface area (Å²) in [7, 11) is -9.93. The molecule has 0 spiro atoms. The molecule has 19 heteroatoms. The van der Waals surface area contributed by atoms with Gasteiger partial charge in [-0.05, 0) is 103 Å². The number of hydrogen-bond acceptors (Lipinski definition) is 15. The van der Waals surface area contributed by atoms with Crippen molar-refractivity contribution in [1.82, 2.24) is 0 Å². The van der Waals surface area contributed by atoms with Crippen molar-refractivity contribution in [3.63, 3.8) is 0 Å². The van der Waals surface area contributed by atoms with E-state index >= 15 is 0 Å². The van der Waals surface area contributed by atoms with Crippen molar-refractivity contribution < 1.29 is 80.2 Å². The molecule has 0 aliphatic carbocycles. The average Bonchev–Trinajstić information content (AvgIpc) is 1.83. The fourth-order valence-corrected chi connectivity index (χ4v) is 12.3. The first-order chi connectivity index (χ1) is 45.7. The average molecular weight is 1380 g/mol. The van der Waals surface area contributed by atoms with Crippen LogP contribution in [-0.4, -0.2) is 96.7 Å². The van der Waals surface area contributed by atoms with Gasteiger partial charge in [-0.15, -0.1) is 0 Å². The van der Waals surface area contributed by atoms with Gasteiger partial charge in [0.2, 0.25) is 0 Å². The second-order valence-electron chi connectivity index (χ2n) is 25.9. The minimum Gasteiger partial charge on any atom is -0.462 e. The molecule has 0 fully saturated rings. The number of allylic oxidation sites excluding steroid dienone is 6. The molecule has 0 radical (unpaired) electrons. The van der Waals surface area contributed by atoms with Crippen LogP contribution in [0.15, 0.2) is 36.5 Å². The van der Waals surface area contributed by atoms with Gasteiger partial charge < -0.3 is 33.8 Å². The number of rotatable bonds is 73. The second kappa shape index (κ2) is 68.8. The molecule has 0 saturated heterocycles. The topological polar surface area (TPSA) is 237 Å². The van der Waals surface area contributed by atoms with Gasteiger partial charge in [0.15, 0.2) is 12.2 Å². The molecule has 0 aromatic heterocycles. The summed E-state index contributed by atoms with van der Waals surface area (Å²) in [5, 5.41) is 10.6. The van der Waals surface area contributed by atoms with Crippen LogP contribution < -0.4 is 0 Å². The summed E-state index contributed by atoms with van der Waals surface area (Å²) in [5.41, 5.74) is 0. The minimum absolute atomic E-state index is 0.0896. The van der Waals surface area contributed by atoms with Crippen molar-refractivity contribution in [3.8, 4) is 0 Å². The molecule has 0 aromatic rings. The van der Waals surface area contributed by atoms with Crippen molar-refractivity contribution in [2.24, 2.45) is 0 Å². The Bertz CT molecular complexity index is 1930. The van der Waals surface area contributed by atoms with Gasteiger partial charge in [-0.2, -0.15) is 0 Å². The summed E-state index contributed by atoms with van der Waals surface area (Å²) in [5.74, 6) is -2.16. The molecule has 2 unspecified atom stereocenters. The van der Waals surface area contributed by atoms with Crippen LogP contribution in [0.25, 0.3) is 0 Å². The maximum absolute atomic E-state index is 13.1. The van der Waals surface area contributed by atoms with Gasteiger partial charge in [-0.3, -0.25) is 37.3 Å². The number of ether oxygens (including phenoxy) is 4. The Morgan fingerprint density at radius 3 is 0.745 bits per heavy atom. The standard InChI is InChI=1S/C75H140O17P2/c1-5-9-13-17-21-25-29-33-34-38-42-46-50-54-58-62-75(80)92-71(66-86-73(78)60-56-52-48-44-40-36-31-27-23-19-15-11-7-3)68-90-94(83,84)88-64-69(76)63-87-93(81,82)89-67-70(91-74(79)61-57-53-49-45-41-37-32-28-24-20-16-12-8-4)65-85-72(77)59-55-51-47-43-39-35-30-26-22-18-14-10-6-2/h26-27,30-31,33-34,69-71,76H,5-25,28-29,32,35-68H2,1-4H3,(H,81,82)(H,83,84)/b30-26-,31-27-,34-33-/t69-,70-,71-/m1/s1. The fourth-order valence-electron chi connectivity index (χ4n) is 10.7. The molecule has 5 atom stereocenters. The van der Waals surface area contributed by atoms with Gasteiger partial charge >= 0.3 is 39.5 Å². The number of aliphatic hydroxyl groups excluding tert-OH is 1. The largest absolute Gasteiger partial charge is 0.472 e. The molecule has 0 rings (SSSR count). The third-order valence-corrected chi connectivity index (χ3v) is 18.5. The number of phosphoric acid groups is 2. The Morgan fingerprint density at radius 1 is 0.287 bits per heavy atom. The fraction of sp³-hybridized carbons (Fsp3) is 0.867. The lowest BCUT2D eigenvalue weighted by molar-refractivity contribution is -0.161. The van der Waals surface area contributed by atoms with Gasteiger partial charge in [-0.25, -0.2) is 9.13 Å². The van der Waals surface area contributed by atoms with Crippen LogP contribution in [0.4, 0.5) is 0 Å². The number of hydrogen-bond donors (Lipinski definition) is 3.